The maximum Gasteiger partial charge on any atom is 0.185 e. The Balaban J connectivity index is 1.97. The maximum absolute atomic E-state index is 4.72. The van der Waals surface area contributed by atoms with Crippen molar-refractivity contribution in [1.29, 1.82) is 0 Å². The van der Waals surface area contributed by atoms with Crippen LogP contribution < -0.4 is 10.2 Å². The third-order valence-electron chi connectivity index (χ3n) is 3.12. The number of nitrogens with zero attached hydrogens (tertiary/aromatic N) is 3. The van der Waals surface area contributed by atoms with Crippen molar-refractivity contribution >= 4 is 16.5 Å². The first-order valence-corrected chi connectivity index (χ1v) is 7.87. The van der Waals surface area contributed by atoms with E-state index in [0.29, 0.717) is 6.04 Å². The first-order chi connectivity index (χ1) is 9.70. The molecule has 0 saturated heterocycles. The van der Waals surface area contributed by atoms with Gasteiger partial charge in [0, 0.05) is 37.4 Å². The molecule has 0 bridgehead atoms. The summed E-state index contributed by atoms with van der Waals surface area (Å²) in [6.45, 7) is 6.20. The van der Waals surface area contributed by atoms with Crippen LogP contribution in [0, 0.1) is 0 Å². The summed E-state index contributed by atoms with van der Waals surface area (Å²) >= 11 is 1.69. The van der Waals surface area contributed by atoms with Crippen LogP contribution in [-0.2, 0) is 6.54 Å². The predicted octanol–water partition coefficient (Wildman–Crippen LogP) is 3.24. The molecule has 0 aliphatic rings. The summed E-state index contributed by atoms with van der Waals surface area (Å²) in [4.78, 5) is 11.0. The van der Waals surface area contributed by atoms with E-state index in [-0.39, 0.29) is 0 Å². The first kappa shape index (κ1) is 14.9. The Morgan fingerprint density at radius 1 is 1.45 bits per heavy atom. The van der Waals surface area contributed by atoms with Gasteiger partial charge >= 0.3 is 0 Å². The summed E-state index contributed by atoms with van der Waals surface area (Å²) in [7, 11) is 2.07. The summed E-state index contributed by atoms with van der Waals surface area (Å²) < 4.78 is 0. The standard InChI is InChI=1S/C15H22N4S/c1-4-7-17-12(2)14-11-20-15(18-14)19(3)10-13-6-5-8-16-9-13/h5-6,8-9,11-12,17H,4,7,10H2,1-3H3. The normalized spacial score (nSPS) is 12.3. The lowest BCUT2D eigenvalue weighted by Gasteiger charge is -2.15. The van der Waals surface area contributed by atoms with E-state index in [0.717, 1.165) is 30.3 Å². The molecule has 2 aromatic rings. The second-order valence-corrected chi connectivity index (χ2v) is 5.78. The molecule has 2 aromatic heterocycles. The third-order valence-corrected chi connectivity index (χ3v) is 4.10. The minimum absolute atomic E-state index is 0.312. The van der Waals surface area contributed by atoms with Gasteiger partial charge in [0.05, 0.1) is 5.69 Å². The fourth-order valence-electron chi connectivity index (χ4n) is 1.95. The fraction of sp³-hybridized carbons (Fsp3) is 0.467. The minimum atomic E-state index is 0.312. The van der Waals surface area contributed by atoms with Crippen LogP contribution in [0.3, 0.4) is 0 Å². The van der Waals surface area contributed by atoms with E-state index in [9.17, 15) is 0 Å². The van der Waals surface area contributed by atoms with Gasteiger partial charge in [0.1, 0.15) is 0 Å². The summed E-state index contributed by atoms with van der Waals surface area (Å²) in [6, 6.07) is 4.36. The zero-order chi connectivity index (χ0) is 14.4. The molecule has 2 heterocycles. The van der Waals surface area contributed by atoms with Crippen LogP contribution in [0.25, 0.3) is 0 Å². The van der Waals surface area contributed by atoms with Crippen LogP contribution in [0.4, 0.5) is 5.13 Å². The minimum Gasteiger partial charge on any atom is -0.347 e. The summed E-state index contributed by atoms with van der Waals surface area (Å²) in [5.74, 6) is 0. The van der Waals surface area contributed by atoms with Crippen molar-refractivity contribution in [3.63, 3.8) is 0 Å². The predicted molar refractivity (Wildman–Crippen MR) is 85.2 cm³/mol. The smallest absolute Gasteiger partial charge is 0.185 e. The van der Waals surface area contributed by atoms with Crippen molar-refractivity contribution in [2.45, 2.75) is 32.9 Å². The van der Waals surface area contributed by atoms with Crippen LogP contribution in [0.5, 0.6) is 0 Å². The average molecular weight is 290 g/mol. The molecule has 0 saturated carbocycles. The molecule has 0 aromatic carbocycles. The molecule has 2 rings (SSSR count). The number of thiazole rings is 1. The Bertz CT molecular complexity index is 512. The number of hydrogen-bond donors (Lipinski definition) is 1. The summed E-state index contributed by atoms with van der Waals surface area (Å²) in [5, 5.41) is 6.66. The molecule has 5 heteroatoms. The highest BCUT2D eigenvalue weighted by Gasteiger charge is 2.12. The highest BCUT2D eigenvalue weighted by molar-refractivity contribution is 7.13. The monoisotopic (exact) mass is 290 g/mol. The number of aromatic nitrogens is 2. The van der Waals surface area contributed by atoms with Crippen LogP contribution >= 0.6 is 11.3 Å². The van der Waals surface area contributed by atoms with Gasteiger partial charge in [0.15, 0.2) is 5.13 Å². The molecular formula is C15H22N4S. The number of hydrogen-bond acceptors (Lipinski definition) is 5. The maximum atomic E-state index is 4.72. The lowest BCUT2D eigenvalue weighted by atomic mass is 10.2. The van der Waals surface area contributed by atoms with E-state index in [2.05, 4.69) is 47.5 Å². The topological polar surface area (TPSA) is 41.0 Å². The van der Waals surface area contributed by atoms with E-state index in [1.807, 2.05) is 12.3 Å². The molecule has 1 atom stereocenters. The lowest BCUT2D eigenvalue weighted by molar-refractivity contribution is 0.561. The number of pyridine rings is 1. The number of anilines is 1. The Morgan fingerprint density at radius 3 is 3.00 bits per heavy atom. The number of nitrogens with one attached hydrogen (secondary N) is 1. The molecular weight excluding hydrogens is 268 g/mol. The molecule has 1 N–H and O–H groups in total. The van der Waals surface area contributed by atoms with Gasteiger partial charge in [-0.05, 0) is 31.5 Å². The van der Waals surface area contributed by atoms with Gasteiger partial charge < -0.3 is 10.2 Å². The van der Waals surface area contributed by atoms with Crippen LogP contribution in [0.2, 0.25) is 0 Å². The van der Waals surface area contributed by atoms with Gasteiger partial charge in [-0.25, -0.2) is 4.98 Å². The Kier molecular flexibility index (Phi) is 5.49. The largest absolute Gasteiger partial charge is 0.347 e. The second-order valence-electron chi connectivity index (χ2n) is 4.95. The van der Waals surface area contributed by atoms with Crippen molar-refractivity contribution in [2.24, 2.45) is 0 Å². The van der Waals surface area contributed by atoms with Crippen LogP contribution in [0.15, 0.2) is 29.9 Å². The summed E-state index contributed by atoms with van der Waals surface area (Å²) in [5.41, 5.74) is 2.32. The van der Waals surface area contributed by atoms with Crippen molar-refractivity contribution in [3.8, 4) is 0 Å². The molecule has 0 spiro atoms. The van der Waals surface area contributed by atoms with Gasteiger partial charge in [0.25, 0.3) is 0 Å². The third kappa shape index (κ3) is 4.02. The highest BCUT2D eigenvalue weighted by atomic mass is 32.1. The molecule has 0 amide bonds. The van der Waals surface area contributed by atoms with Gasteiger partial charge in [0.2, 0.25) is 0 Å². The average Bonchev–Trinajstić information content (AvgIpc) is 2.96. The molecule has 0 aliphatic heterocycles. The Morgan fingerprint density at radius 2 is 2.30 bits per heavy atom. The SMILES string of the molecule is CCCNC(C)c1csc(N(C)Cc2cccnc2)n1. The highest BCUT2D eigenvalue weighted by Crippen LogP contribution is 2.24. The quantitative estimate of drug-likeness (QED) is 0.850. The zero-order valence-electron chi connectivity index (χ0n) is 12.3. The van der Waals surface area contributed by atoms with E-state index >= 15 is 0 Å². The first-order valence-electron chi connectivity index (χ1n) is 6.99. The van der Waals surface area contributed by atoms with Gasteiger partial charge in [-0.3, -0.25) is 4.98 Å². The second kappa shape index (κ2) is 7.36. The summed E-state index contributed by atoms with van der Waals surface area (Å²) in [6.07, 6.45) is 4.84. The van der Waals surface area contributed by atoms with E-state index in [4.69, 9.17) is 4.98 Å². The van der Waals surface area contributed by atoms with Gasteiger partial charge in [-0.15, -0.1) is 11.3 Å². The molecule has 0 aliphatic carbocycles. The Labute approximate surface area is 124 Å². The Hall–Kier alpha value is -1.46. The van der Waals surface area contributed by atoms with Crippen LogP contribution in [0.1, 0.15) is 37.6 Å². The van der Waals surface area contributed by atoms with Crippen molar-refractivity contribution in [2.75, 3.05) is 18.5 Å². The molecule has 20 heavy (non-hydrogen) atoms. The molecule has 0 fully saturated rings. The molecule has 108 valence electrons. The van der Waals surface area contributed by atoms with E-state index in [1.54, 1.807) is 17.5 Å². The lowest BCUT2D eigenvalue weighted by Crippen LogP contribution is -2.20. The fourth-order valence-corrected chi connectivity index (χ4v) is 2.83. The van der Waals surface area contributed by atoms with E-state index in [1.165, 1.54) is 5.56 Å². The molecule has 1 unspecified atom stereocenters. The van der Waals surface area contributed by atoms with Gasteiger partial charge in [-0.1, -0.05) is 13.0 Å². The molecule has 0 radical (unpaired) electrons. The van der Waals surface area contributed by atoms with Crippen molar-refractivity contribution in [3.05, 3.63) is 41.2 Å². The van der Waals surface area contributed by atoms with Gasteiger partial charge in [-0.2, -0.15) is 0 Å². The zero-order valence-corrected chi connectivity index (χ0v) is 13.2. The van der Waals surface area contributed by atoms with Crippen molar-refractivity contribution in [1.82, 2.24) is 15.3 Å². The van der Waals surface area contributed by atoms with E-state index < -0.39 is 0 Å². The van der Waals surface area contributed by atoms with Crippen LogP contribution in [-0.4, -0.2) is 23.6 Å². The molecule has 4 nitrogen and oxygen atoms in total. The number of rotatable bonds is 7. The van der Waals surface area contributed by atoms with Crippen molar-refractivity contribution < 1.29 is 0 Å².